The third-order valence-corrected chi connectivity index (χ3v) is 4.72. The van der Waals surface area contributed by atoms with Crippen molar-refractivity contribution in [3.05, 3.63) is 18.2 Å². The summed E-state index contributed by atoms with van der Waals surface area (Å²) >= 11 is 0. The van der Waals surface area contributed by atoms with Gasteiger partial charge in [-0.2, -0.15) is 0 Å². The van der Waals surface area contributed by atoms with Gasteiger partial charge in [0, 0.05) is 6.54 Å². The number of benzene rings is 1. The minimum Gasteiger partial charge on any atom is -0.492 e. The fraction of sp³-hybridized carbons (Fsp3) is 0.588. The van der Waals surface area contributed by atoms with Crippen molar-refractivity contribution in [1.82, 2.24) is 0 Å². The van der Waals surface area contributed by atoms with E-state index in [4.69, 9.17) is 4.74 Å². The first-order valence-corrected chi connectivity index (χ1v) is 8.06. The molecule has 0 radical (unpaired) electrons. The quantitative estimate of drug-likeness (QED) is 0.870. The van der Waals surface area contributed by atoms with Crippen molar-refractivity contribution < 1.29 is 9.53 Å². The molecule has 0 aromatic heterocycles. The maximum atomic E-state index is 12.9. The van der Waals surface area contributed by atoms with Crippen LogP contribution in [0.3, 0.4) is 0 Å². The Kier molecular flexibility index (Phi) is 4.04. The first-order valence-electron chi connectivity index (χ1n) is 8.06. The number of carbonyl (C=O) groups is 1. The fourth-order valence-corrected chi connectivity index (χ4v) is 3.48. The number of hydrogen-bond donors (Lipinski definition) is 2. The van der Waals surface area contributed by atoms with Crippen molar-refractivity contribution in [2.75, 3.05) is 23.8 Å². The van der Waals surface area contributed by atoms with Crippen LogP contribution in [-0.4, -0.2) is 19.1 Å². The number of nitrogens with one attached hydrogen (secondary N) is 2. The molecule has 2 aliphatic rings. The molecule has 114 valence electrons. The molecule has 2 N–H and O–H groups in total. The van der Waals surface area contributed by atoms with Gasteiger partial charge in [-0.25, -0.2) is 0 Å². The van der Waals surface area contributed by atoms with E-state index in [0.29, 0.717) is 6.61 Å². The van der Waals surface area contributed by atoms with Crippen molar-refractivity contribution >= 4 is 17.3 Å². The molecule has 1 aliphatic heterocycles. The third-order valence-electron chi connectivity index (χ3n) is 4.72. The van der Waals surface area contributed by atoms with E-state index in [2.05, 4.69) is 10.6 Å². The molecule has 1 fully saturated rings. The van der Waals surface area contributed by atoms with Crippen LogP contribution >= 0.6 is 0 Å². The Hall–Kier alpha value is -1.71. The first kappa shape index (κ1) is 14.2. The maximum Gasteiger partial charge on any atom is 0.232 e. The van der Waals surface area contributed by atoms with Gasteiger partial charge in [-0.05, 0) is 31.9 Å². The summed E-state index contributed by atoms with van der Waals surface area (Å²) in [6, 6.07) is 5.89. The highest BCUT2D eigenvalue weighted by Crippen LogP contribution is 2.42. The Balaban J connectivity index is 1.91. The Morgan fingerprint density at radius 3 is 2.67 bits per heavy atom. The zero-order chi connectivity index (χ0) is 14.7. The lowest BCUT2D eigenvalue weighted by molar-refractivity contribution is -0.125. The largest absolute Gasteiger partial charge is 0.492 e. The number of hydrogen-bond acceptors (Lipinski definition) is 3. The molecule has 1 saturated carbocycles. The van der Waals surface area contributed by atoms with Crippen molar-refractivity contribution in [3.63, 3.8) is 0 Å². The molecule has 4 heteroatoms. The summed E-state index contributed by atoms with van der Waals surface area (Å²) in [4.78, 5) is 12.9. The molecule has 1 aromatic carbocycles. The van der Waals surface area contributed by atoms with E-state index in [1.54, 1.807) is 0 Å². The summed E-state index contributed by atoms with van der Waals surface area (Å²) in [6.45, 7) is 3.27. The molecule has 1 amide bonds. The molecular formula is C17H24N2O2. The van der Waals surface area contributed by atoms with E-state index >= 15 is 0 Å². The third kappa shape index (κ3) is 2.71. The Labute approximate surface area is 126 Å². The predicted octanol–water partition coefficient (Wildman–Crippen LogP) is 3.79. The number of fused-ring (bicyclic) bond motifs is 1. The van der Waals surface area contributed by atoms with Gasteiger partial charge in [-0.15, -0.1) is 0 Å². The second-order valence-electron chi connectivity index (χ2n) is 6.11. The van der Waals surface area contributed by atoms with Gasteiger partial charge in [0.1, 0.15) is 11.4 Å². The van der Waals surface area contributed by atoms with Crippen LogP contribution in [-0.2, 0) is 4.79 Å². The van der Waals surface area contributed by atoms with Gasteiger partial charge in [0.2, 0.25) is 5.91 Å². The van der Waals surface area contributed by atoms with Gasteiger partial charge in [0.25, 0.3) is 0 Å². The molecule has 1 aliphatic carbocycles. The summed E-state index contributed by atoms with van der Waals surface area (Å²) in [5, 5.41) is 6.62. The van der Waals surface area contributed by atoms with Gasteiger partial charge in [0.15, 0.2) is 0 Å². The van der Waals surface area contributed by atoms with Crippen LogP contribution in [0.2, 0.25) is 0 Å². The monoisotopic (exact) mass is 288 g/mol. The summed E-state index contributed by atoms with van der Waals surface area (Å²) in [5.41, 5.74) is 1.50. The van der Waals surface area contributed by atoms with Gasteiger partial charge >= 0.3 is 0 Å². The van der Waals surface area contributed by atoms with E-state index < -0.39 is 0 Å². The van der Waals surface area contributed by atoms with Crippen molar-refractivity contribution in [1.29, 1.82) is 0 Å². The SMILES string of the molecule is CCOc1cccc2c1NC(=O)C1(CCCCCC1)CN2. The summed E-state index contributed by atoms with van der Waals surface area (Å²) in [5.74, 6) is 0.907. The summed E-state index contributed by atoms with van der Waals surface area (Å²) in [6.07, 6.45) is 6.72. The number of amides is 1. The average Bonchev–Trinajstić information content (AvgIpc) is 2.80. The molecule has 0 atom stereocenters. The number of carbonyl (C=O) groups excluding carboxylic acids is 1. The number of anilines is 2. The highest BCUT2D eigenvalue weighted by molar-refractivity contribution is 6.01. The molecule has 1 heterocycles. The van der Waals surface area contributed by atoms with E-state index in [9.17, 15) is 4.79 Å². The maximum absolute atomic E-state index is 12.9. The molecule has 21 heavy (non-hydrogen) atoms. The van der Waals surface area contributed by atoms with Crippen molar-refractivity contribution in [3.8, 4) is 5.75 Å². The molecule has 3 rings (SSSR count). The molecule has 1 aromatic rings. The molecule has 0 bridgehead atoms. The van der Waals surface area contributed by atoms with Crippen LogP contribution in [0, 0.1) is 5.41 Å². The van der Waals surface area contributed by atoms with Crippen LogP contribution < -0.4 is 15.4 Å². The van der Waals surface area contributed by atoms with Gasteiger partial charge in [-0.1, -0.05) is 31.7 Å². The van der Waals surface area contributed by atoms with Gasteiger partial charge in [-0.3, -0.25) is 4.79 Å². The van der Waals surface area contributed by atoms with Crippen molar-refractivity contribution in [2.45, 2.75) is 45.4 Å². The Bertz CT molecular complexity index is 520. The topological polar surface area (TPSA) is 50.4 Å². The van der Waals surface area contributed by atoms with E-state index in [1.165, 1.54) is 12.8 Å². The second kappa shape index (κ2) is 5.96. The highest BCUT2D eigenvalue weighted by Gasteiger charge is 2.40. The molecule has 1 spiro atoms. The predicted molar refractivity (Wildman–Crippen MR) is 84.9 cm³/mol. The fourth-order valence-electron chi connectivity index (χ4n) is 3.48. The van der Waals surface area contributed by atoms with E-state index in [0.717, 1.165) is 49.4 Å². The second-order valence-corrected chi connectivity index (χ2v) is 6.11. The highest BCUT2D eigenvalue weighted by atomic mass is 16.5. The summed E-state index contributed by atoms with van der Waals surface area (Å²) < 4.78 is 5.65. The van der Waals surface area contributed by atoms with E-state index in [1.807, 2.05) is 25.1 Å². The lowest BCUT2D eigenvalue weighted by Crippen LogP contribution is -2.39. The zero-order valence-corrected chi connectivity index (χ0v) is 12.7. The average molecular weight is 288 g/mol. The van der Waals surface area contributed by atoms with Gasteiger partial charge < -0.3 is 15.4 Å². The first-order chi connectivity index (χ1) is 10.2. The Morgan fingerprint density at radius 1 is 1.19 bits per heavy atom. The molecule has 0 saturated heterocycles. The smallest absolute Gasteiger partial charge is 0.232 e. The number of para-hydroxylation sites is 1. The van der Waals surface area contributed by atoms with Crippen molar-refractivity contribution in [2.24, 2.45) is 5.41 Å². The molecule has 4 nitrogen and oxygen atoms in total. The normalized spacial score (nSPS) is 20.7. The lowest BCUT2D eigenvalue weighted by atomic mass is 9.79. The number of rotatable bonds is 2. The molecule has 0 unspecified atom stereocenters. The standard InChI is InChI=1S/C17H24N2O2/c1-2-21-14-9-7-8-13-15(14)19-16(20)17(12-18-13)10-5-3-4-6-11-17/h7-9,18H,2-6,10-12H2,1H3,(H,19,20). The van der Waals surface area contributed by atoms with Gasteiger partial charge in [0.05, 0.1) is 17.7 Å². The Morgan fingerprint density at radius 2 is 1.95 bits per heavy atom. The van der Waals surface area contributed by atoms with Crippen LogP contribution in [0.25, 0.3) is 0 Å². The summed E-state index contributed by atoms with van der Waals surface area (Å²) in [7, 11) is 0. The lowest BCUT2D eigenvalue weighted by Gasteiger charge is -2.29. The van der Waals surface area contributed by atoms with Crippen LogP contribution in [0.1, 0.15) is 45.4 Å². The van der Waals surface area contributed by atoms with E-state index in [-0.39, 0.29) is 11.3 Å². The van der Waals surface area contributed by atoms with Crippen LogP contribution in [0.5, 0.6) is 5.75 Å². The molecular weight excluding hydrogens is 264 g/mol. The zero-order valence-electron chi connectivity index (χ0n) is 12.7. The van der Waals surface area contributed by atoms with Crippen LogP contribution in [0.4, 0.5) is 11.4 Å². The minimum atomic E-state index is -0.265. The van der Waals surface area contributed by atoms with Crippen LogP contribution in [0.15, 0.2) is 18.2 Å². The number of ether oxygens (including phenoxy) is 1. The minimum absolute atomic E-state index is 0.155.